The highest BCUT2D eigenvalue weighted by Gasteiger charge is 2.44. The Morgan fingerprint density at radius 1 is 1.23 bits per heavy atom. The standard InChI is InChI=1S/C12H25N/c1-4-5-6-7-8-13-10-11-9-12(11,2)3/h11,13H,4-10H2,1-3H3. The van der Waals surface area contributed by atoms with Crippen LogP contribution in [0.4, 0.5) is 0 Å². The molecular formula is C12H25N. The third kappa shape index (κ3) is 4.12. The Morgan fingerprint density at radius 3 is 2.46 bits per heavy atom. The van der Waals surface area contributed by atoms with Crippen LogP contribution in [0.3, 0.4) is 0 Å². The molecule has 0 bridgehead atoms. The molecular weight excluding hydrogens is 158 g/mol. The second-order valence-corrected chi connectivity index (χ2v) is 5.15. The number of nitrogens with one attached hydrogen (secondary N) is 1. The van der Waals surface area contributed by atoms with Crippen molar-refractivity contribution in [2.45, 2.75) is 52.9 Å². The van der Waals surface area contributed by atoms with Crippen molar-refractivity contribution in [2.24, 2.45) is 11.3 Å². The monoisotopic (exact) mass is 183 g/mol. The molecule has 0 aromatic carbocycles. The van der Waals surface area contributed by atoms with E-state index >= 15 is 0 Å². The van der Waals surface area contributed by atoms with Gasteiger partial charge in [0.25, 0.3) is 0 Å². The first-order chi connectivity index (χ1) is 6.17. The van der Waals surface area contributed by atoms with E-state index in [0.717, 1.165) is 5.92 Å². The Bertz CT molecular complexity index is 140. The van der Waals surface area contributed by atoms with Crippen LogP contribution in [0.15, 0.2) is 0 Å². The molecule has 1 nitrogen and oxygen atoms in total. The maximum Gasteiger partial charge on any atom is -0.00152 e. The highest BCUT2D eigenvalue weighted by molar-refractivity contribution is 4.95. The van der Waals surface area contributed by atoms with E-state index in [1.807, 2.05) is 0 Å². The highest BCUT2D eigenvalue weighted by atomic mass is 14.9. The molecule has 1 fully saturated rings. The summed E-state index contributed by atoms with van der Waals surface area (Å²) >= 11 is 0. The van der Waals surface area contributed by atoms with Gasteiger partial charge in [-0.1, -0.05) is 40.0 Å². The van der Waals surface area contributed by atoms with E-state index < -0.39 is 0 Å². The van der Waals surface area contributed by atoms with Crippen LogP contribution in [0, 0.1) is 11.3 Å². The summed E-state index contributed by atoms with van der Waals surface area (Å²) in [6, 6.07) is 0. The zero-order valence-corrected chi connectivity index (χ0v) is 9.53. The third-order valence-corrected chi connectivity index (χ3v) is 3.32. The average molecular weight is 183 g/mol. The first kappa shape index (κ1) is 11.0. The molecule has 1 unspecified atom stereocenters. The number of rotatable bonds is 7. The summed E-state index contributed by atoms with van der Waals surface area (Å²) in [5.41, 5.74) is 0.649. The second-order valence-electron chi connectivity index (χ2n) is 5.15. The number of unbranched alkanes of at least 4 members (excludes halogenated alkanes) is 3. The predicted octanol–water partition coefficient (Wildman–Crippen LogP) is 3.20. The smallest absolute Gasteiger partial charge is 0.00152 e. The van der Waals surface area contributed by atoms with Crippen molar-refractivity contribution >= 4 is 0 Å². The molecule has 0 aromatic heterocycles. The molecule has 0 amide bonds. The molecule has 0 saturated heterocycles. The lowest BCUT2D eigenvalue weighted by molar-refractivity contribution is 0.508. The molecule has 0 heterocycles. The van der Waals surface area contributed by atoms with Gasteiger partial charge in [-0.3, -0.25) is 0 Å². The van der Waals surface area contributed by atoms with Gasteiger partial charge < -0.3 is 5.32 Å². The Balaban J connectivity index is 1.80. The fraction of sp³-hybridized carbons (Fsp3) is 1.00. The molecule has 0 spiro atoms. The van der Waals surface area contributed by atoms with Gasteiger partial charge in [0.2, 0.25) is 0 Å². The first-order valence-electron chi connectivity index (χ1n) is 5.87. The fourth-order valence-corrected chi connectivity index (χ4v) is 1.88. The van der Waals surface area contributed by atoms with Crippen LogP contribution < -0.4 is 5.32 Å². The van der Waals surface area contributed by atoms with Gasteiger partial charge in [0.15, 0.2) is 0 Å². The SMILES string of the molecule is CCCCCCNCC1CC1(C)C. The zero-order valence-electron chi connectivity index (χ0n) is 9.53. The molecule has 1 rings (SSSR count). The maximum absolute atomic E-state index is 3.56. The average Bonchev–Trinajstić information content (AvgIpc) is 2.67. The Hall–Kier alpha value is -0.0400. The van der Waals surface area contributed by atoms with Crippen LogP contribution >= 0.6 is 0 Å². The molecule has 0 aromatic rings. The van der Waals surface area contributed by atoms with Gasteiger partial charge in [0.1, 0.15) is 0 Å². The molecule has 13 heavy (non-hydrogen) atoms. The van der Waals surface area contributed by atoms with Crippen molar-refractivity contribution in [3.63, 3.8) is 0 Å². The third-order valence-electron chi connectivity index (χ3n) is 3.32. The van der Waals surface area contributed by atoms with Crippen molar-refractivity contribution < 1.29 is 0 Å². The van der Waals surface area contributed by atoms with E-state index in [9.17, 15) is 0 Å². The van der Waals surface area contributed by atoms with Gasteiger partial charge in [0.05, 0.1) is 0 Å². The van der Waals surface area contributed by atoms with E-state index in [2.05, 4.69) is 26.1 Å². The summed E-state index contributed by atoms with van der Waals surface area (Å²) in [4.78, 5) is 0. The minimum atomic E-state index is 0.649. The van der Waals surface area contributed by atoms with Gasteiger partial charge in [-0.05, 0) is 37.3 Å². The van der Waals surface area contributed by atoms with Crippen molar-refractivity contribution in [1.29, 1.82) is 0 Å². The molecule has 78 valence electrons. The van der Waals surface area contributed by atoms with E-state index in [1.165, 1.54) is 45.2 Å². The summed E-state index contributed by atoms with van der Waals surface area (Å²) in [6.07, 6.45) is 6.93. The maximum atomic E-state index is 3.56. The van der Waals surface area contributed by atoms with E-state index in [0.29, 0.717) is 5.41 Å². The molecule has 0 radical (unpaired) electrons. The van der Waals surface area contributed by atoms with Gasteiger partial charge in [-0.2, -0.15) is 0 Å². The summed E-state index contributed by atoms with van der Waals surface area (Å²) in [7, 11) is 0. The number of hydrogen-bond donors (Lipinski definition) is 1. The lowest BCUT2D eigenvalue weighted by Crippen LogP contribution is -2.19. The van der Waals surface area contributed by atoms with Crippen molar-refractivity contribution in [1.82, 2.24) is 5.32 Å². The van der Waals surface area contributed by atoms with Gasteiger partial charge in [0, 0.05) is 0 Å². The van der Waals surface area contributed by atoms with Crippen LogP contribution in [0.2, 0.25) is 0 Å². The highest BCUT2D eigenvalue weighted by Crippen LogP contribution is 2.50. The van der Waals surface area contributed by atoms with E-state index in [1.54, 1.807) is 0 Å². The Kier molecular flexibility index (Phi) is 4.24. The summed E-state index contributed by atoms with van der Waals surface area (Å²) in [5, 5.41) is 3.56. The molecule has 1 heteroatoms. The Morgan fingerprint density at radius 2 is 1.92 bits per heavy atom. The summed E-state index contributed by atoms with van der Waals surface area (Å²) in [6.45, 7) is 9.48. The second kappa shape index (κ2) is 4.99. The van der Waals surface area contributed by atoms with Crippen molar-refractivity contribution in [2.75, 3.05) is 13.1 Å². The van der Waals surface area contributed by atoms with Crippen LogP contribution in [0.1, 0.15) is 52.9 Å². The lowest BCUT2D eigenvalue weighted by atomic mass is 10.1. The molecule has 1 saturated carbocycles. The molecule has 0 aliphatic heterocycles. The van der Waals surface area contributed by atoms with Crippen LogP contribution in [-0.2, 0) is 0 Å². The first-order valence-corrected chi connectivity index (χ1v) is 5.87. The zero-order chi connectivity index (χ0) is 9.73. The van der Waals surface area contributed by atoms with Crippen LogP contribution in [0.25, 0.3) is 0 Å². The summed E-state index contributed by atoms with van der Waals surface area (Å²) < 4.78 is 0. The summed E-state index contributed by atoms with van der Waals surface area (Å²) in [5.74, 6) is 0.957. The lowest BCUT2D eigenvalue weighted by Gasteiger charge is -2.05. The van der Waals surface area contributed by atoms with E-state index in [-0.39, 0.29) is 0 Å². The van der Waals surface area contributed by atoms with Crippen LogP contribution in [0.5, 0.6) is 0 Å². The predicted molar refractivity (Wildman–Crippen MR) is 58.9 cm³/mol. The van der Waals surface area contributed by atoms with Crippen LogP contribution in [-0.4, -0.2) is 13.1 Å². The molecule has 1 aliphatic rings. The van der Waals surface area contributed by atoms with Gasteiger partial charge >= 0.3 is 0 Å². The number of hydrogen-bond acceptors (Lipinski definition) is 1. The van der Waals surface area contributed by atoms with Crippen molar-refractivity contribution in [3.05, 3.63) is 0 Å². The van der Waals surface area contributed by atoms with E-state index in [4.69, 9.17) is 0 Å². The minimum absolute atomic E-state index is 0.649. The van der Waals surface area contributed by atoms with Gasteiger partial charge in [-0.25, -0.2) is 0 Å². The largest absolute Gasteiger partial charge is 0.316 e. The minimum Gasteiger partial charge on any atom is -0.316 e. The Labute approximate surface area is 83.3 Å². The van der Waals surface area contributed by atoms with Gasteiger partial charge in [-0.15, -0.1) is 0 Å². The quantitative estimate of drug-likeness (QED) is 0.598. The topological polar surface area (TPSA) is 12.0 Å². The molecule has 1 atom stereocenters. The molecule has 1 aliphatic carbocycles. The van der Waals surface area contributed by atoms with Crippen molar-refractivity contribution in [3.8, 4) is 0 Å². The normalized spacial score (nSPS) is 24.7. The fourth-order valence-electron chi connectivity index (χ4n) is 1.88. The molecule has 1 N–H and O–H groups in total.